The topological polar surface area (TPSA) is 36.4 Å². The number of thioether (sulfide) groups is 1. The zero-order chi connectivity index (χ0) is 9.52. The number of hydrogen-bond acceptors (Lipinski definition) is 4. The van der Waals surface area contributed by atoms with Crippen LogP contribution in [0.4, 0.5) is 0 Å². The van der Waals surface area contributed by atoms with Gasteiger partial charge in [-0.2, -0.15) is 0 Å². The van der Waals surface area contributed by atoms with Gasteiger partial charge in [-0.3, -0.25) is 15.8 Å². The molecule has 0 aromatic rings. The molecular formula is C8H15N3S2. The van der Waals surface area contributed by atoms with Crippen LogP contribution in [-0.2, 0) is 0 Å². The second kappa shape index (κ2) is 6.21. The molecule has 0 atom stereocenters. The molecule has 0 saturated heterocycles. The minimum atomic E-state index is 0.756. The Morgan fingerprint density at radius 3 is 3.08 bits per heavy atom. The molecule has 0 aromatic carbocycles. The van der Waals surface area contributed by atoms with Crippen LogP contribution in [0.2, 0.25) is 0 Å². The summed E-state index contributed by atoms with van der Waals surface area (Å²) in [6.45, 7) is 0.941. The molecule has 0 fully saturated rings. The third-order valence-electron chi connectivity index (χ3n) is 1.87. The van der Waals surface area contributed by atoms with Gasteiger partial charge in [0, 0.05) is 13.0 Å². The van der Waals surface area contributed by atoms with Crippen LogP contribution in [-0.4, -0.2) is 23.0 Å². The molecule has 13 heavy (non-hydrogen) atoms. The summed E-state index contributed by atoms with van der Waals surface area (Å²) in [6, 6.07) is 0. The highest BCUT2D eigenvalue weighted by Gasteiger charge is 2.03. The summed E-state index contributed by atoms with van der Waals surface area (Å²) in [5.74, 6) is 1.04. The first-order chi connectivity index (χ1) is 6.33. The monoisotopic (exact) mass is 217 g/mol. The molecule has 0 aliphatic carbocycles. The van der Waals surface area contributed by atoms with E-state index in [4.69, 9.17) is 12.2 Å². The van der Waals surface area contributed by atoms with E-state index in [-0.39, 0.29) is 0 Å². The molecule has 74 valence electrons. The zero-order valence-corrected chi connectivity index (χ0v) is 9.43. The molecule has 2 N–H and O–H groups in total. The number of aliphatic imine (C=N–C) groups is 1. The van der Waals surface area contributed by atoms with Gasteiger partial charge in [0.15, 0.2) is 4.32 Å². The fourth-order valence-electron chi connectivity index (χ4n) is 1.15. The van der Waals surface area contributed by atoms with E-state index in [2.05, 4.69) is 15.8 Å². The summed E-state index contributed by atoms with van der Waals surface area (Å²) in [6.07, 6.45) is 6.69. The van der Waals surface area contributed by atoms with Crippen LogP contribution < -0.4 is 10.9 Å². The van der Waals surface area contributed by atoms with Crippen molar-refractivity contribution >= 4 is 34.1 Å². The Bertz CT molecular complexity index is 204. The van der Waals surface area contributed by atoms with E-state index in [1.165, 1.54) is 31.0 Å². The number of hydrogen-bond donors (Lipinski definition) is 2. The van der Waals surface area contributed by atoms with Gasteiger partial charge in [-0.05, 0) is 19.1 Å². The molecule has 0 unspecified atom stereocenters. The summed E-state index contributed by atoms with van der Waals surface area (Å²) in [7, 11) is 0. The molecule has 1 aliphatic heterocycles. The average molecular weight is 217 g/mol. The highest BCUT2D eigenvalue weighted by molar-refractivity contribution is 8.22. The average Bonchev–Trinajstić information content (AvgIpc) is 2.42. The lowest BCUT2D eigenvalue weighted by Crippen LogP contribution is -2.39. The van der Waals surface area contributed by atoms with E-state index in [9.17, 15) is 0 Å². The van der Waals surface area contributed by atoms with Crippen molar-refractivity contribution in [1.82, 2.24) is 10.9 Å². The number of nitrogens with zero attached hydrogens (tertiary/aromatic N) is 1. The molecule has 1 aliphatic rings. The second-order valence-electron chi connectivity index (χ2n) is 2.88. The van der Waals surface area contributed by atoms with Gasteiger partial charge in [0.25, 0.3) is 0 Å². The standard InChI is InChI=1S/C8H15N3S2/c1-13-8(12)11-10-7-5-3-2-4-6-9-7/h2-6H2,1H3,(H,9,10)(H,11,12). The van der Waals surface area contributed by atoms with Crippen molar-refractivity contribution in [3.05, 3.63) is 0 Å². The normalized spacial score (nSPS) is 17.2. The highest BCUT2D eigenvalue weighted by Crippen LogP contribution is 2.05. The Balaban J connectivity index is 2.26. The Kier molecular flexibility index (Phi) is 5.15. The predicted octanol–water partition coefficient (Wildman–Crippen LogP) is 1.70. The lowest BCUT2D eigenvalue weighted by Gasteiger charge is -2.09. The number of rotatable bonds is 0. The minimum absolute atomic E-state index is 0.756. The predicted molar refractivity (Wildman–Crippen MR) is 63.2 cm³/mol. The minimum Gasteiger partial charge on any atom is -0.287 e. The van der Waals surface area contributed by atoms with Crippen molar-refractivity contribution in [2.45, 2.75) is 25.7 Å². The van der Waals surface area contributed by atoms with Crippen LogP contribution in [0.3, 0.4) is 0 Å². The first-order valence-electron chi connectivity index (χ1n) is 4.46. The van der Waals surface area contributed by atoms with Crippen molar-refractivity contribution in [2.75, 3.05) is 12.8 Å². The second-order valence-corrected chi connectivity index (χ2v) is 4.36. The van der Waals surface area contributed by atoms with Gasteiger partial charge in [-0.1, -0.05) is 30.4 Å². The van der Waals surface area contributed by atoms with Crippen LogP contribution >= 0.6 is 24.0 Å². The first kappa shape index (κ1) is 10.8. The van der Waals surface area contributed by atoms with Crippen molar-refractivity contribution < 1.29 is 0 Å². The van der Waals surface area contributed by atoms with Gasteiger partial charge < -0.3 is 0 Å². The molecule has 0 amide bonds. The van der Waals surface area contributed by atoms with Crippen molar-refractivity contribution in [3.63, 3.8) is 0 Å². The number of hydrazine groups is 1. The van der Waals surface area contributed by atoms with Gasteiger partial charge >= 0.3 is 0 Å². The summed E-state index contributed by atoms with van der Waals surface area (Å²) in [5.41, 5.74) is 5.99. The van der Waals surface area contributed by atoms with Gasteiger partial charge in [0.2, 0.25) is 0 Å². The maximum atomic E-state index is 4.99. The van der Waals surface area contributed by atoms with Gasteiger partial charge in [0.05, 0.1) is 0 Å². The molecule has 0 aromatic heterocycles. The van der Waals surface area contributed by atoms with E-state index >= 15 is 0 Å². The molecular weight excluding hydrogens is 202 g/mol. The summed E-state index contributed by atoms with van der Waals surface area (Å²) < 4.78 is 0.756. The molecule has 0 bridgehead atoms. The number of amidine groups is 1. The summed E-state index contributed by atoms with van der Waals surface area (Å²) >= 11 is 6.51. The van der Waals surface area contributed by atoms with Crippen LogP contribution in [0.15, 0.2) is 4.99 Å². The number of nitrogens with one attached hydrogen (secondary N) is 2. The Labute approximate surface area is 88.7 Å². The maximum Gasteiger partial charge on any atom is 0.152 e. The molecule has 3 nitrogen and oxygen atoms in total. The van der Waals surface area contributed by atoms with Crippen LogP contribution in [0.5, 0.6) is 0 Å². The van der Waals surface area contributed by atoms with E-state index in [0.29, 0.717) is 0 Å². The third-order valence-corrected chi connectivity index (χ3v) is 2.94. The third kappa shape index (κ3) is 4.47. The molecule has 0 radical (unpaired) electrons. The lowest BCUT2D eigenvalue weighted by molar-refractivity contribution is 0.727. The molecule has 0 saturated carbocycles. The lowest BCUT2D eigenvalue weighted by atomic mass is 10.2. The first-order valence-corrected chi connectivity index (χ1v) is 6.09. The van der Waals surface area contributed by atoms with E-state index in [1.807, 2.05) is 6.26 Å². The zero-order valence-electron chi connectivity index (χ0n) is 7.80. The van der Waals surface area contributed by atoms with Gasteiger partial charge in [-0.15, -0.1) is 0 Å². The summed E-state index contributed by atoms with van der Waals surface area (Å²) in [5, 5.41) is 0. The van der Waals surface area contributed by atoms with Crippen molar-refractivity contribution in [1.29, 1.82) is 0 Å². The molecule has 5 heteroatoms. The van der Waals surface area contributed by atoms with Crippen LogP contribution in [0.25, 0.3) is 0 Å². The Morgan fingerprint density at radius 1 is 1.46 bits per heavy atom. The summed E-state index contributed by atoms with van der Waals surface area (Å²) in [4.78, 5) is 4.40. The fraction of sp³-hybridized carbons (Fsp3) is 0.750. The highest BCUT2D eigenvalue weighted by atomic mass is 32.2. The molecule has 1 heterocycles. The largest absolute Gasteiger partial charge is 0.287 e. The van der Waals surface area contributed by atoms with Crippen molar-refractivity contribution in [2.24, 2.45) is 4.99 Å². The Hall–Kier alpha value is -0.290. The molecule has 0 spiro atoms. The molecule has 1 rings (SSSR count). The Morgan fingerprint density at radius 2 is 2.31 bits per heavy atom. The van der Waals surface area contributed by atoms with E-state index < -0.39 is 0 Å². The van der Waals surface area contributed by atoms with E-state index in [1.54, 1.807) is 0 Å². The van der Waals surface area contributed by atoms with Crippen LogP contribution in [0.1, 0.15) is 25.7 Å². The van der Waals surface area contributed by atoms with Crippen LogP contribution in [0, 0.1) is 0 Å². The van der Waals surface area contributed by atoms with Gasteiger partial charge in [-0.25, -0.2) is 0 Å². The van der Waals surface area contributed by atoms with Gasteiger partial charge in [0.1, 0.15) is 5.84 Å². The maximum absolute atomic E-state index is 4.99. The van der Waals surface area contributed by atoms with E-state index in [0.717, 1.165) is 23.1 Å². The van der Waals surface area contributed by atoms with Crippen molar-refractivity contribution in [3.8, 4) is 0 Å². The smallest absolute Gasteiger partial charge is 0.152 e. The SMILES string of the molecule is CSC(=S)NNC1=NCCCCC1. The fourth-order valence-corrected chi connectivity index (χ4v) is 1.35. The number of thiocarbonyl (C=S) groups is 1. The quantitative estimate of drug-likeness (QED) is 0.478.